The molecule has 1 saturated heterocycles. The van der Waals surface area contributed by atoms with Gasteiger partial charge in [-0.15, -0.1) is 0 Å². The van der Waals surface area contributed by atoms with Crippen LogP contribution in [0.2, 0.25) is 5.02 Å². The summed E-state index contributed by atoms with van der Waals surface area (Å²) in [5.41, 5.74) is 1.68. The first kappa shape index (κ1) is 14.4. The average Bonchev–Trinajstić information content (AvgIpc) is 3.03. The quantitative estimate of drug-likeness (QED) is 0.736. The number of pyridine rings is 1. The van der Waals surface area contributed by atoms with Crippen molar-refractivity contribution >= 4 is 22.5 Å². The summed E-state index contributed by atoms with van der Waals surface area (Å²) in [6, 6.07) is 7.46. The summed E-state index contributed by atoms with van der Waals surface area (Å²) in [4.78, 5) is 4.33. The van der Waals surface area contributed by atoms with E-state index in [4.69, 9.17) is 21.1 Å². The fourth-order valence-corrected chi connectivity index (χ4v) is 2.83. The highest BCUT2D eigenvalue weighted by Gasteiger charge is 2.17. The van der Waals surface area contributed by atoms with Gasteiger partial charge in [-0.2, -0.15) is 0 Å². The smallest absolute Gasteiger partial charge is 0.256 e. The minimum atomic E-state index is -0.234. The molecule has 0 radical (unpaired) electrons. The van der Waals surface area contributed by atoms with Crippen LogP contribution in [0.3, 0.4) is 0 Å². The van der Waals surface area contributed by atoms with Crippen molar-refractivity contribution in [2.24, 2.45) is 0 Å². The molecular weight excluding hydrogens is 316 g/mol. The molecule has 4 rings (SSSR count). The standard InChI is InChI=1S/C16H15ClN4O2/c17-11-4-5-12-13(9-11)18-7-6-14(12)21-10-15(19-20-21)23-16-3-1-2-8-22-16/h4-7,9-10,16H,1-3,8H2. The van der Waals surface area contributed by atoms with Crippen LogP contribution in [-0.2, 0) is 4.74 Å². The Labute approximate surface area is 138 Å². The lowest BCUT2D eigenvalue weighted by Crippen LogP contribution is -2.25. The molecule has 1 fully saturated rings. The van der Waals surface area contributed by atoms with E-state index in [0.29, 0.717) is 10.9 Å². The van der Waals surface area contributed by atoms with Gasteiger partial charge in [-0.1, -0.05) is 21.9 Å². The zero-order valence-electron chi connectivity index (χ0n) is 12.4. The van der Waals surface area contributed by atoms with Gasteiger partial charge in [-0.05, 0) is 37.1 Å². The first-order valence-electron chi connectivity index (χ1n) is 7.55. The molecule has 118 valence electrons. The number of ether oxygens (including phenoxy) is 2. The number of nitrogens with zero attached hydrogens (tertiary/aromatic N) is 4. The van der Waals surface area contributed by atoms with Gasteiger partial charge < -0.3 is 9.47 Å². The molecule has 0 aliphatic carbocycles. The first-order chi connectivity index (χ1) is 11.3. The van der Waals surface area contributed by atoms with Crippen LogP contribution in [0.15, 0.2) is 36.7 Å². The van der Waals surface area contributed by atoms with Crippen molar-refractivity contribution in [2.45, 2.75) is 25.6 Å². The minimum absolute atomic E-state index is 0.234. The molecule has 1 aromatic carbocycles. The Morgan fingerprint density at radius 2 is 2.22 bits per heavy atom. The van der Waals surface area contributed by atoms with Crippen molar-refractivity contribution in [1.29, 1.82) is 0 Å². The summed E-state index contributed by atoms with van der Waals surface area (Å²) in [7, 11) is 0. The number of benzene rings is 1. The molecule has 3 aromatic rings. The molecule has 0 N–H and O–H groups in total. The summed E-state index contributed by atoms with van der Waals surface area (Å²) < 4.78 is 13.0. The van der Waals surface area contributed by atoms with Crippen LogP contribution in [0.1, 0.15) is 19.3 Å². The number of hydrogen-bond acceptors (Lipinski definition) is 5. The predicted molar refractivity (Wildman–Crippen MR) is 85.9 cm³/mol. The van der Waals surface area contributed by atoms with Gasteiger partial charge in [-0.25, -0.2) is 4.68 Å². The van der Waals surface area contributed by atoms with Crippen molar-refractivity contribution < 1.29 is 9.47 Å². The number of rotatable bonds is 3. The summed E-state index contributed by atoms with van der Waals surface area (Å²) in [6.07, 6.45) is 6.31. The molecule has 23 heavy (non-hydrogen) atoms. The van der Waals surface area contributed by atoms with E-state index in [1.807, 2.05) is 24.3 Å². The Morgan fingerprint density at radius 1 is 1.26 bits per heavy atom. The van der Waals surface area contributed by atoms with Gasteiger partial charge in [0.15, 0.2) is 0 Å². The lowest BCUT2D eigenvalue weighted by molar-refractivity contribution is -0.107. The molecule has 1 aliphatic heterocycles. The molecule has 1 unspecified atom stereocenters. The van der Waals surface area contributed by atoms with E-state index in [1.54, 1.807) is 17.1 Å². The topological polar surface area (TPSA) is 62.1 Å². The second-order valence-corrected chi connectivity index (χ2v) is 5.84. The lowest BCUT2D eigenvalue weighted by Gasteiger charge is -2.21. The molecule has 6 nitrogen and oxygen atoms in total. The molecule has 0 spiro atoms. The molecular formula is C16H15ClN4O2. The summed E-state index contributed by atoms with van der Waals surface area (Å²) >= 11 is 6.02. The maximum Gasteiger partial charge on any atom is 0.256 e. The van der Waals surface area contributed by atoms with Crippen molar-refractivity contribution in [3.8, 4) is 11.6 Å². The molecule has 1 atom stereocenters. The third-order valence-corrected chi connectivity index (χ3v) is 4.03. The molecule has 0 saturated carbocycles. The summed E-state index contributed by atoms with van der Waals surface area (Å²) in [5.74, 6) is 0.454. The lowest BCUT2D eigenvalue weighted by atomic mass is 10.2. The van der Waals surface area contributed by atoms with E-state index in [-0.39, 0.29) is 6.29 Å². The zero-order valence-corrected chi connectivity index (χ0v) is 13.1. The Bertz CT molecular complexity index is 830. The van der Waals surface area contributed by atoms with Gasteiger partial charge >= 0.3 is 0 Å². The van der Waals surface area contributed by atoms with Crippen LogP contribution in [-0.4, -0.2) is 32.9 Å². The van der Waals surface area contributed by atoms with Crippen molar-refractivity contribution in [2.75, 3.05) is 6.61 Å². The van der Waals surface area contributed by atoms with E-state index in [1.165, 1.54) is 0 Å². The van der Waals surface area contributed by atoms with Gasteiger partial charge in [0.25, 0.3) is 5.88 Å². The first-order valence-corrected chi connectivity index (χ1v) is 7.93. The Hall–Kier alpha value is -2.18. The highest BCUT2D eigenvalue weighted by Crippen LogP contribution is 2.24. The maximum atomic E-state index is 6.02. The number of halogens is 1. The fourth-order valence-electron chi connectivity index (χ4n) is 2.66. The van der Waals surface area contributed by atoms with Gasteiger partial charge in [-0.3, -0.25) is 4.98 Å². The third kappa shape index (κ3) is 3.00. The van der Waals surface area contributed by atoms with Crippen molar-refractivity contribution in [3.63, 3.8) is 0 Å². The van der Waals surface area contributed by atoms with E-state index in [9.17, 15) is 0 Å². The zero-order chi connectivity index (χ0) is 15.6. The van der Waals surface area contributed by atoms with Crippen LogP contribution in [0.5, 0.6) is 5.88 Å². The van der Waals surface area contributed by atoms with Crippen LogP contribution in [0, 0.1) is 0 Å². The third-order valence-electron chi connectivity index (χ3n) is 3.79. The predicted octanol–water partition coefficient (Wildman–Crippen LogP) is 3.37. The Kier molecular flexibility index (Phi) is 3.85. The molecule has 2 aromatic heterocycles. The normalized spacial score (nSPS) is 18.2. The van der Waals surface area contributed by atoms with Crippen LogP contribution in [0.4, 0.5) is 0 Å². The van der Waals surface area contributed by atoms with Crippen LogP contribution in [0.25, 0.3) is 16.6 Å². The summed E-state index contributed by atoms with van der Waals surface area (Å²) in [5, 5.41) is 9.82. The van der Waals surface area contributed by atoms with E-state index in [2.05, 4.69) is 15.3 Å². The second-order valence-electron chi connectivity index (χ2n) is 5.41. The molecule has 3 heterocycles. The van der Waals surface area contributed by atoms with Crippen molar-refractivity contribution in [1.82, 2.24) is 20.0 Å². The van der Waals surface area contributed by atoms with Crippen LogP contribution >= 0.6 is 11.6 Å². The highest BCUT2D eigenvalue weighted by molar-refractivity contribution is 6.31. The maximum absolute atomic E-state index is 6.02. The van der Waals surface area contributed by atoms with E-state index < -0.39 is 0 Å². The Morgan fingerprint density at radius 3 is 3.09 bits per heavy atom. The molecule has 1 aliphatic rings. The largest absolute Gasteiger partial charge is 0.446 e. The fraction of sp³-hybridized carbons (Fsp3) is 0.312. The summed E-state index contributed by atoms with van der Waals surface area (Å²) in [6.45, 7) is 0.731. The van der Waals surface area contributed by atoms with Gasteiger partial charge in [0.05, 0.1) is 24.0 Å². The molecule has 7 heteroatoms. The number of fused-ring (bicyclic) bond motifs is 1. The molecule has 0 amide bonds. The van der Waals surface area contributed by atoms with Gasteiger partial charge in [0.1, 0.15) is 0 Å². The highest BCUT2D eigenvalue weighted by atomic mass is 35.5. The second kappa shape index (κ2) is 6.14. The number of hydrogen-bond donors (Lipinski definition) is 0. The van der Waals surface area contributed by atoms with Gasteiger partial charge in [0, 0.05) is 23.0 Å². The van der Waals surface area contributed by atoms with Crippen molar-refractivity contribution in [3.05, 3.63) is 41.7 Å². The monoisotopic (exact) mass is 330 g/mol. The van der Waals surface area contributed by atoms with E-state index >= 15 is 0 Å². The Balaban J connectivity index is 1.63. The average molecular weight is 331 g/mol. The molecule has 0 bridgehead atoms. The number of aromatic nitrogens is 4. The minimum Gasteiger partial charge on any atom is -0.446 e. The SMILES string of the molecule is Clc1ccc2c(-n3cc(OC4CCCCO4)nn3)ccnc2c1. The van der Waals surface area contributed by atoms with Gasteiger partial charge in [0.2, 0.25) is 6.29 Å². The van der Waals surface area contributed by atoms with Crippen LogP contribution < -0.4 is 4.74 Å². The van der Waals surface area contributed by atoms with E-state index in [0.717, 1.165) is 42.5 Å².